The lowest BCUT2D eigenvalue weighted by atomic mass is 10.2. The fourth-order valence-electron chi connectivity index (χ4n) is 2.75. The van der Waals surface area contributed by atoms with Crippen LogP contribution in [-0.2, 0) is 11.4 Å². The molecule has 0 aliphatic heterocycles. The van der Waals surface area contributed by atoms with Crippen molar-refractivity contribution in [3.05, 3.63) is 100 Å². The number of carbonyl (C=O) groups is 2. The van der Waals surface area contributed by atoms with Gasteiger partial charge in [0.2, 0.25) is 5.91 Å². The van der Waals surface area contributed by atoms with Gasteiger partial charge in [0.05, 0.1) is 11.8 Å². The summed E-state index contributed by atoms with van der Waals surface area (Å²) < 4.78 is 19.4. The molecule has 0 aliphatic carbocycles. The van der Waals surface area contributed by atoms with Gasteiger partial charge in [-0.05, 0) is 30.3 Å². The summed E-state index contributed by atoms with van der Waals surface area (Å²) in [5.41, 5.74) is 3.85. The van der Waals surface area contributed by atoms with Crippen molar-refractivity contribution >= 4 is 29.6 Å². The van der Waals surface area contributed by atoms with E-state index in [4.69, 9.17) is 16.3 Å². The topological polar surface area (TPSA) is 79.8 Å². The molecule has 2 N–H and O–H groups in total. The number of carbonyl (C=O) groups excluding carboxylic acids is 2. The predicted molar refractivity (Wildman–Crippen MR) is 121 cm³/mol. The number of benzene rings is 3. The van der Waals surface area contributed by atoms with E-state index in [-0.39, 0.29) is 18.5 Å². The second-order valence-electron chi connectivity index (χ2n) is 6.70. The van der Waals surface area contributed by atoms with Crippen LogP contribution in [0.1, 0.15) is 27.9 Å². The van der Waals surface area contributed by atoms with Crippen molar-refractivity contribution in [1.29, 1.82) is 0 Å². The summed E-state index contributed by atoms with van der Waals surface area (Å²) in [5.74, 6) is -1.01. The van der Waals surface area contributed by atoms with Crippen molar-refractivity contribution in [2.45, 2.75) is 13.0 Å². The quantitative estimate of drug-likeness (QED) is 0.374. The molecule has 0 bridgehead atoms. The van der Waals surface area contributed by atoms with E-state index in [0.29, 0.717) is 22.9 Å². The van der Waals surface area contributed by atoms with Gasteiger partial charge in [-0.1, -0.05) is 54.1 Å². The third kappa shape index (κ3) is 6.65. The molecule has 0 saturated carbocycles. The number of amides is 2. The van der Waals surface area contributed by atoms with Gasteiger partial charge < -0.3 is 10.1 Å². The van der Waals surface area contributed by atoms with Gasteiger partial charge in [-0.3, -0.25) is 9.59 Å². The summed E-state index contributed by atoms with van der Waals surface area (Å²) in [4.78, 5) is 23.9. The Kier molecular flexibility index (Phi) is 8.34. The summed E-state index contributed by atoms with van der Waals surface area (Å²) >= 11 is 6.15. The molecule has 0 radical (unpaired) electrons. The summed E-state index contributed by atoms with van der Waals surface area (Å²) in [6.07, 6.45) is 1.46. The number of nitrogens with one attached hydrogen (secondary N) is 2. The highest BCUT2D eigenvalue weighted by Gasteiger charge is 2.10. The van der Waals surface area contributed by atoms with Crippen LogP contribution in [0.3, 0.4) is 0 Å². The molecular formula is C24H21ClFN3O3. The van der Waals surface area contributed by atoms with E-state index in [9.17, 15) is 14.0 Å². The molecule has 0 atom stereocenters. The van der Waals surface area contributed by atoms with Crippen LogP contribution in [-0.4, -0.2) is 24.6 Å². The Labute approximate surface area is 190 Å². The maximum atomic E-state index is 13.6. The largest absolute Gasteiger partial charge is 0.488 e. The fraction of sp³-hybridized carbons (Fsp3) is 0.125. The molecule has 3 rings (SSSR count). The highest BCUT2D eigenvalue weighted by molar-refractivity contribution is 6.31. The molecule has 32 heavy (non-hydrogen) atoms. The molecule has 2 amide bonds. The van der Waals surface area contributed by atoms with E-state index in [1.807, 2.05) is 30.3 Å². The van der Waals surface area contributed by atoms with Gasteiger partial charge in [-0.2, -0.15) is 5.10 Å². The second kappa shape index (κ2) is 11.6. The number of hydrazone groups is 1. The molecule has 3 aromatic carbocycles. The third-order valence-electron chi connectivity index (χ3n) is 4.41. The maximum Gasteiger partial charge on any atom is 0.254 e. The lowest BCUT2D eigenvalue weighted by Crippen LogP contribution is -2.29. The summed E-state index contributed by atoms with van der Waals surface area (Å²) in [7, 11) is 0. The fourth-order valence-corrected chi connectivity index (χ4v) is 2.94. The SMILES string of the molecule is O=C(CCNC(=O)c1ccccc1F)NN=Cc1ccccc1OCc1ccccc1Cl. The van der Waals surface area contributed by atoms with E-state index < -0.39 is 17.6 Å². The standard InChI is InChI=1S/C24H21ClFN3O3/c25-20-10-4-1-8-18(20)16-32-22-12-6-2-7-17(22)15-28-29-23(30)13-14-27-24(31)19-9-3-5-11-21(19)26/h1-12,15H,13-14,16H2,(H,27,31)(H,29,30). The van der Waals surface area contributed by atoms with Crippen LogP contribution >= 0.6 is 11.6 Å². The number of hydrogen-bond acceptors (Lipinski definition) is 4. The molecule has 0 saturated heterocycles. The van der Waals surface area contributed by atoms with Gasteiger partial charge in [0, 0.05) is 29.1 Å². The molecule has 0 aliphatic rings. The number of ether oxygens (including phenoxy) is 1. The summed E-state index contributed by atoms with van der Waals surface area (Å²) in [5, 5.41) is 7.06. The molecule has 8 heteroatoms. The van der Waals surface area contributed by atoms with Crippen molar-refractivity contribution < 1.29 is 18.7 Å². The Bertz CT molecular complexity index is 1120. The molecule has 164 valence electrons. The molecule has 3 aromatic rings. The first-order valence-corrected chi connectivity index (χ1v) is 10.2. The lowest BCUT2D eigenvalue weighted by molar-refractivity contribution is -0.120. The minimum absolute atomic E-state index is 0.0117. The van der Waals surface area contributed by atoms with Gasteiger partial charge in [-0.25, -0.2) is 9.82 Å². The molecular weight excluding hydrogens is 433 g/mol. The van der Waals surface area contributed by atoms with Crippen molar-refractivity contribution in [2.24, 2.45) is 5.10 Å². The molecule has 0 unspecified atom stereocenters. The molecule has 6 nitrogen and oxygen atoms in total. The first kappa shape index (κ1) is 23.0. The van der Waals surface area contributed by atoms with Crippen LogP contribution in [0.4, 0.5) is 4.39 Å². The smallest absolute Gasteiger partial charge is 0.254 e. The van der Waals surface area contributed by atoms with E-state index in [2.05, 4.69) is 15.8 Å². The van der Waals surface area contributed by atoms with E-state index >= 15 is 0 Å². The minimum atomic E-state index is -0.616. The number of halogens is 2. The van der Waals surface area contributed by atoms with E-state index in [1.165, 1.54) is 24.4 Å². The Morgan fingerprint density at radius 1 is 1.00 bits per heavy atom. The number of hydrogen-bond donors (Lipinski definition) is 2. The van der Waals surface area contributed by atoms with Gasteiger partial charge in [-0.15, -0.1) is 0 Å². The van der Waals surface area contributed by atoms with Crippen LogP contribution in [0.25, 0.3) is 0 Å². The Morgan fingerprint density at radius 2 is 1.72 bits per heavy atom. The first-order valence-electron chi connectivity index (χ1n) is 9.84. The Morgan fingerprint density at radius 3 is 2.53 bits per heavy atom. The lowest BCUT2D eigenvalue weighted by Gasteiger charge is -2.10. The molecule has 0 aromatic heterocycles. The first-order chi connectivity index (χ1) is 15.5. The third-order valence-corrected chi connectivity index (χ3v) is 4.78. The monoisotopic (exact) mass is 453 g/mol. The number of rotatable bonds is 9. The van der Waals surface area contributed by atoms with Crippen molar-refractivity contribution in [3.8, 4) is 5.75 Å². The van der Waals surface area contributed by atoms with E-state index in [0.717, 1.165) is 5.56 Å². The number of para-hydroxylation sites is 1. The van der Waals surface area contributed by atoms with Crippen LogP contribution in [0, 0.1) is 5.82 Å². The Hall–Kier alpha value is -3.71. The van der Waals surface area contributed by atoms with Gasteiger partial charge in [0.25, 0.3) is 5.91 Å². The summed E-state index contributed by atoms with van der Waals surface area (Å²) in [6, 6.07) is 20.3. The van der Waals surface area contributed by atoms with Crippen LogP contribution in [0.5, 0.6) is 5.75 Å². The van der Waals surface area contributed by atoms with Gasteiger partial charge >= 0.3 is 0 Å². The average molecular weight is 454 g/mol. The second-order valence-corrected chi connectivity index (χ2v) is 7.10. The van der Waals surface area contributed by atoms with Gasteiger partial charge in [0.15, 0.2) is 0 Å². The molecule has 0 spiro atoms. The zero-order valence-corrected chi connectivity index (χ0v) is 17.8. The van der Waals surface area contributed by atoms with Crippen LogP contribution in [0.2, 0.25) is 5.02 Å². The van der Waals surface area contributed by atoms with Crippen molar-refractivity contribution in [1.82, 2.24) is 10.7 Å². The average Bonchev–Trinajstić information content (AvgIpc) is 2.79. The van der Waals surface area contributed by atoms with Crippen molar-refractivity contribution in [3.63, 3.8) is 0 Å². The molecule has 0 fully saturated rings. The normalized spacial score (nSPS) is 10.7. The zero-order chi connectivity index (χ0) is 22.8. The summed E-state index contributed by atoms with van der Waals surface area (Å²) in [6.45, 7) is 0.338. The maximum absolute atomic E-state index is 13.6. The number of nitrogens with zero attached hydrogens (tertiary/aromatic N) is 1. The van der Waals surface area contributed by atoms with Gasteiger partial charge in [0.1, 0.15) is 18.2 Å². The minimum Gasteiger partial charge on any atom is -0.488 e. The predicted octanol–water partition coefficient (Wildman–Crippen LogP) is 4.33. The highest BCUT2D eigenvalue weighted by atomic mass is 35.5. The van der Waals surface area contributed by atoms with E-state index in [1.54, 1.807) is 24.3 Å². The Balaban J connectivity index is 1.47. The highest BCUT2D eigenvalue weighted by Crippen LogP contribution is 2.20. The zero-order valence-electron chi connectivity index (χ0n) is 17.1. The van der Waals surface area contributed by atoms with Crippen LogP contribution in [0.15, 0.2) is 77.9 Å². The molecule has 0 heterocycles. The van der Waals surface area contributed by atoms with Crippen molar-refractivity contribution in [2.75, 3.05) is 6.54 Å². The van der Waals surface area contributed by atoms with Crippen LogP contribution < -0.4 is 15.5 Å².